The van der Waals surface area contributed by atoms with Crippen LogP contribution in [0, 0.1) is 5.92 Å². The lowest BCUT2D eigenvalue weighted by Crippen LogP contribution is -2.32. The summed E-state index contributed by atoms with van der Waals surface area (Å²) in [4.78, 5) is 0.363. The molecular weight excluding hydrogens is 284 g/mol. The molecule has 21 heavy (non-hydrogen) atoms. The SMILES string of the molecule is CNCCCc1ccc(S(=O)(=O)NC(C)CC2CC2)cc1. The molecule has 0 amide bonds. The van der Waals surface area contributed by atoms with Gasteiger partial charge < -0.3 is 5.32 Å². The molecule has 2 N–H and O–H groups in total. The van der Waals surface area contributed by atoms with Crippen molar-refractivity contribution in [3.8, 4) is 0 Å². The van der Waals surface area contributed by atoms with E-state index in [0.717, 1.165) is 31.7 Å². The predicted molar refractivity (Wildman–Crippen MR) is 85.8 cm³/mol. The van der Waals surface area contributed by atoms with Gasteiger partial charge in [0.15, 0.2) is 0 Å². The Hall–Kier alpha value is -0.910. The normalized spacial score (nSPS) is 16.9. The second kappa shape index (κ2) is 7.38. The molecule has 0 radical (unpaired) electrons. The maximum Gasteiger partial charge on any atom is 0.240 e. The third kappa shape index (κ3) is 5.41. The minimum absolute atomic E-state index is 0.0119. The lowest BCUT2D eigenvalue weighted by Gasteiger charge is -2.14. The second-order valence-electron chi connectivity index (χ2n) is 6.05. The van der Waals surface area contributed by atoms with Crippen molar-refractivity contribution < 1.29 is 8.42 Å². The Morgan fingerprint density at radius 2 is 1.90 bits per heavy atom. The fourth-order valence-corrected chi connectivity index (χ4v) is 3.80. The first-order valence-electron chi connectivity index (χ1n) is 7.77. The molecule has 1 aliphatic rings. The van der Waals surface area contributed by atoms with Crippen LogP contribution in [0.4, 0.5) is 0 Å². The van der Waals surface area contributed by atoms with Gasteiger partial charge in [-0.05, 0) is 63.4 Å². The van der Waals surface area contributed by atoms with Crippen LogP contribution in [0.3, 0.4) is 0 Å². The summed E-state index contributed by atoms with van der Waals surface area (Å²) < 4.78 is 27.4. The molecule has 1 aliphatic carbocycles. The topological polar surface area (TPSA) is 58.2 Å². The van der Waals surface area contributed by atoms with Crippen LogP contribution in [-0.4, -0.2) is 28.1 Å². The van der Waals surface area contributed by atoms with Gasteiger partial charge in [-0.2, -0.15) is 0 Å². The molecule has 1 atom stereocenters. The number of sulfonamides is 1. The first-order chi connectivity index (χ1) is 10.0. The van der Waals surface area contributed by atoms with Crippen molar-refractivity contribution in [3.05, 3.63) is 29.8 Å². The molecule has 0 aliphatic heterocycles. The van der Waals surface area contributed by atoms with Crippen molar-refractivity contribution >= 4 is 10.0 Å². The van der Waals surface area contributed by atoms with Gasteiger partial charge in [0.2, 0.25) is 10.0 Å². The number of nitrogens with one attached hydrogen (secondary N) is 2. The highest BCUT2D eigenvalue weighted by atomic mass is 32.2. The molecule has 1 aromatic carbocycles. The summed E-state index contributed by atoms with van der Waals surface area (Å²) in [5.41, 5.74) is 1.18. The molecule has 0 saturated heterocycles. The first kappa shape index (κ1) is 16.5. The maximum atomic E-state index is 12.3. The Kier molecular flexibility index (Phi) is 5.79. The second-order valence-corrected chi connectivity index (χ2v) is 7.77. The van der Waals surface area contributed by atoms with Crippen molar-refractivity contribution in [2.75, 3.05) is 13.6 Å². The molecule has 0 bridgehead atoms. The van der Waals surface area contributed by atoms with Crippen LogP contribution in [0.2, 0.25) is 0 Å². The molecule has 0 spiro atoms. The van der Waals surface area contributed by atoms with Gasteiger partial charge in [0.1, 0.15) is 0 Å². The standard InChI is InChI=1S/C16H26N2O2S/c1-13(12-15-5-6-15)18-21(19,20)16-9-7-14(8-10-16)4-3-11-17-2/h7-10,13,15,17-18H,3-6,11-12H2,1-2H3. The van der Waals surface area contributed by atoms with E-state index in [-0.39, 0.29) is 6.04 Å². The average molecular weight is 310 g/mol. The summed E-state index contributed by atoms with van der Waals surface area (Å²) in [5, 5.41) is 3.11. The van der Waals surface area contributed by atoms with Crippen LogP contribution in [0.5, 0.6) is 0 Å². The van der Waals surface area contributed by atoms with Crippen LogP contribution < -0.4 is 10.0 Å². The third-order valence-electron chi connectivity index (χ3n) is 3.87. The molecule has 2 rings (SSSR count). The molecule has 4 nitrogen and oxygen atoms in total. The van der Waals surface area contributed by atoms with Crippen LogP contribution in [-0.2, 0) is 16.4 Å². The number of benzene rings is 1. The average Bonchev–Trinajstić information content (AvgIpc) is 3.23. The summed E-state index contributed by atoms with van der Waals surface area (Å²) in [5.74, 6) is 0.720. The number of rotatable bonds is 9. The molecule has 1 unspecified atom stereocenters. The zero-order valence-electron chi connectivity index (χ0n) is 12.9. The van der Waals surface area contributed by atoms with Gasteiger partial charge in [-0.25, -0.2) is 13.1 Å². The van der Waals surface area contributed by atoms with E-state index in [9.17, 15) is 8.42 Å². The zero-order chi connectivity index (χ0) is 15.3. The lowest BCUT2D eigenvalue weighted by atomic mass is 10.1. The molecule has 118 valence electrons. The number of aryl methyl sites for hydroxylation is 1. The minimum atomic E-state index is -3.38. The summed E-state index contributed by atoms with van der Waals surface area (Å²) in [7, 11) is -1.45. The highest BCUT2D eigenvalue weighted by Crippen LogP contribution is 2.33. The summed E-state index contributed by atoms with van der Waals surface area (Å²) in [6, 6.07) is 7.26. The van der Waals surface area contributed by atoms with Gasteiger partial charge in [-0.1, -0.05) is 25.0 Å². The van der Waals surface area contributed by atoms with Crippen LogP contribution >= 0.6 is 0 Å². The molecule has 1 fully saturated rings. The van der Waals surface area contributed by atoms with E-state index in [1.54, 1.807) is 12.1 Å². The van der Waals surface area contributed by atoms with E-state index in [2.05, 4.69) is 10.0 Å². The fourth-order valence-electron chi connectivity index (χ4n) is 2.54. The number of hydrogen-bond donors (Lipinski definition) is 2. The first-order valence-corrected chi connectivity index (χ1v) is 9.25. The van der Waals surface area contributed by atoms with Crippen molar-refractivity contribution in [2.45, 2.75) is 50.0 Å². The highest BCUT2D eigenvalue weighted by Gasteiger charge is 2.26. The monoisotopic (exact) mass is 310 g/mol. The molecular formula is C16H26N2O2S. The quantitative estimate of drug-likeness (QED) is 0.688. The minimum Gasteiger partial charge on any atom is -0.320 e. The largest absolute Gasteiger partial charge is 0.320 e. The highest BCUT2D eigenvalue weighted by molar-refractivity contribution is 7.89. The Bertz CT molecular complexity index is 536. The molecule has 5 heteroatoms. The van der Waals surface area contributed by atoms with Gasteiger partial charge in [0, 0.05) is 6.04 Å². The smallest absolute Gasteiger partial charge is 0.240 e. The van der Waals surface area contributed by atoms with Gasteiger partial charge in [0.05, 0.1) is 4.90 Å². The Balaban J connectivity index is 1.92. The van der Waals surface area contributed by atoms with Gasteiger partial charge in [-0.15, -0.1) is 0 Å². The van der Waals surface area contributed by atoms with Gasteiger partial charge in [0.25, 0.3) is 0 Å². The number of hydrogen-bond acceptors (Lipinski definition) is 3. The fraction of sp³-hybridized carbons (Fsp3) is 0.625. The van der Waals surface area contributed by atoms with Crippen LogP contribution in [0.15, 0.2) is 29.2 Å². The summed E-state index contributed by atoms with van der Waals surface area (Å²) in [6.07, 6.45) is 5.45. The van der Waals surface area contributed by atoms with E-state index in [0.29, 0.717) is 4.90 Å². The van der Waals surface area contributed by atoms with E-state index in [1.807, 2.05) is 26.1 Å². The molecule has 0 aromatic heterocycles. The lowest BCUT2D eigenvalue weighted by molar-refractivity contribution is 0.530. The van der Waals surface area contributed by atoms with Gasteiger partial charge >= 0.3 is 0 Å². The molecule has 0 heterocycles. The van der Waals surface area contributed by atoms with Gasteiger partial charge in [-0.3, -0.25) is 0 Å². The van der Waals surface area contributed by atoms with E-state index in [1.165, 1.54) is 18.4 Å². The molecule has 1 aromatic rings. The van der Waals surface area contributed by atoms with Crippen molar-refractivity contribution in [3.63, 3.8) is 0 Å². The van der Waals surface area contributed by atoms with Crippen molar-refractivity contribution in [1.82, 2.24) is 10.0 Å². The maximum absolute atomic E-state index is 12.3. The van der Waals surface area contributed by atoms with Crippen molar-refractivity contribution in [2.24, 2.45) is 5.92 Å². The van der Waals surface area contributed by atoms with Crippen LogP contribution in [0.25, 0.3) is 0 Å². The van der Waals surface area contributed by atoms with E-state index in [4.69, 9.17) is 0 Å². The Labute approximate surface area is 128 Å². The predicted octanol–water partition coefficient (Wildman–Crippen LogP) is 2.31. The Morgan fingerprint density at radius 1 is 1.24 bits per heavy atom. The zero-order valence-corrected chi connectivity index (χ0v) is 13.7. The summed E-state index contributed by atoms with van der Waals surface area (Å²) >= 11 is 0. The third-order valence-corrected chi connectivity index (χ3v) is 5.47. The van der Waals surface area contributed by atoms with Crippen molar-refractivity contribution in [1.29, 1.82) is 0 Å². The Morgan fingerprint density at radius 3 is 2.48 bits per heavy atom. The summed E-state index contributed by atoms with van der Waals surface area (Å²) in [6.45, 7) is 2.92. The molecule has 1 saturated carbocycles. The van der Waals surface area contributed by atoms with E-state index >= 15 is 0 Å². The van der Waals surface area contributed by atoms with Crippen LogP contribution in [0.1, 0.15) is 38.2 Å². The van der Waals surface area contributed by atoms with E-state index < -0.39 is 10.0 Å².